The van der Waals surface area contributed by atoms with Crippen LogP contribution < -0.4 is 0 Å². The van der Waals surface area contributed by atoms with Gasteiger partial charge in [0.05, 0.1) is 6.10 Å². The van der Waals surface area contributed by atoms with E-state index in [-0.39, 0.29) is 6.10 Å². The van der Waals surface area contributed by atoms with E-state index in [9.17, 15) is 10.2 Å². The Morgan fingerprint density at radius 2 is 2.06 bits per heavy atom. The lowest BCUT2D eigenvalue weighted by molar-refractivity contribution is 0.0702. The van der Waals surface area contributed by atoms with Crippen molar-refractivity contribution < 1.29 is 10.2 Å². The van der Waals surface area contributed by atoms with Gasteiger partial charge in [-0.15, -0.1) is 0 Å². The van der Waals surface area contributed by atoms with Gasteiger partial charge < -0.3 is 10.2 Å². The fraction of sp³-hybridized carbons (Fsp3) is 1.00. The predicted octanol–water partition coefficient (Wildman–Crippen LogP) is 1.95. The molecule has 0 aliphatic heterocycles. The topological polar surface area (TPSA) is 40.5 Å². The highest BCUT2D eigenvalue weighted by Gasteiger charge is 2.79. The summed E-state index contributed by atoms with van der Waals surface area (Å²) in [6, 6.07) is 0. The van der Waals surface area contributed by atoms with E-state index in [0.29, 0.717) is 23.4 Å². The van der Waals surface area contributed by atoms with Crippen LogP contribution in [0.1, 0.15) is 44.9 Å². The molecule has 4 aliphatic rings. The quantitative estimate of drug-likeness (QED) is 0.749. The van der Waals surface area contributed by atoms with Crippen molar-refractivity contribution in [2.24, 2.45) is 28.6 Å². The van der Waals surface area contributed by atoms with Gasteiger partial charge in [-0.3, -0.25) is 0 Å². The maximum absolute atomic E-state index is 10.2. The Morgan fingerprint density at radius 3 is 2.88 bits per heavy atom. The van der Waals surface area contributed by atoms with Gasteiger partial charge in [-0.05, 0) is 73.5 Å². The fourth-order valence-corrected chi connectivity index (χ4v) is 6.24. The van der Waals surface area contributed by atoms with Crippen LogP contribution in [0, 0.1) is 28.6 Å². The first-order valence-corrected chi connectivity index (χ1v) is 7.02. The van der Waals surface area contributed by atoms with Crippen LogP contribution in [0.5, 0.6) is 0 Å². The van der Waals surface area contributed by atoms with Crippen molar-refractivity contribution in [3.05, 3.63) is 0 Å². The molecule has 16 heavy (non-hydrogen) atoms. The Bertz CT molecular complexity index is 329. The third-order valence-electron chi connectivity index (χ3n) is 6.83. The van der Waals surface area contributed by atoms with Crippen LogP contribution in [-0.4, -0.2) is 22.9 Å². The SMILES string of the molecule is OCC[C@@]12CC13CC[C@H]1[C@H](O)CC[C@H]2C[C@H]13. The third-order valence-corrected chi connectivity index (χ3v) is 6.83. The van der Waals surface area contributed by atoms with Crippen molar-refractivity contribution in [1.29, 1.82) is 0 Å². The summed E-state index contributed by atoms with van der Waals surface area (Å²) in [6.45, 7) is 0.373. The monoisotopic (exact) mass is 222 g/mol. The van der Waals surface area contributed by atoms with E-state index in [1.165, 1.54) is 32.1 Å². The van der Waals surface area contributed by atoms with Gasteiger partial charge in [0.15, 0.2) is 0 Å². The Kier molecular flexibility index (Phi) is 1.76. The smallest absolute Gasteiger partial charge is 0.0571 e. The van der Waals surface area contributed by atoms with Gasteiger partial charge in [-0.1, -0.05) is 0 Å². The number of hydrogen-bond donors (Lipinski definition) is 2. The van der Waals surface area contributed by atoms with E-state index >= 15 is 0 Å². The molecular formula is C14H22O2. The average molecular weight is 222 g/mol. The summed E-state index contributed by atoms with van der Waals surface area (Å²) in [5, 5.41) is 19.5. The van der Waals surface area contributed by atoms with Crippen LogP contribution in [-0.2, 0) is 0 Å². The lowest BCUT2D eigenvalue weighted by Gasteiger charge is -2.26. The van der Waals surface area contributed by atoms with Crippen LogP contribution in [0.3, 0.4) is 0 Å². The molecule has 2 bridgehead atoms. The molecule has 2 N–H and O–H groups in total. The molecule has 0 aromatic heterocycles. The number of hydrogen-bond acceptors (Lipinski definition) is 2. The van der Waals surface area contributed by atoms with Gasteiger partial charge in [0, 0.05) is 6.61 Å². The summed E-state index contributed by atoms with van der Waals surface area (Å²) in [7, 11) is 0. The highest BCUT2D eigenvalue weighted by Crippen LogP contribution is 2.86. The summed E-state index contributed by atoms with van der Waals surface area (Å²) >= 11 is 0. The van der Waals surface area contributed by atoms with Crippen molar-refractivity contribution in [1.82, 2.24) is 0 Å². The maximum atomic E-state index is 10.2. The molecule has 0 saturated heterocycles. The Labute approximate surface area is 97.0 Å². The van der Waals surface area contributed by atoms with Gasteiger partial charge in [0.25, 0.3) is 0 Å². The average Bonchev–Trinajstić information content (AvgIpc) is 2.68. The van der Waals surface area contributed by atoms with Gasteiger partial charge in [-0.2, -0.15) is 0 Å². The van der Waals surface area contributed by atoms with Crippen molar-refractivity contribution in [2.45, 2.75) is 51.0 Å². The van der Waals surface area contributed by atoms with Gasteiger partial charge >= 0.3 is 0 Å². The molecule has 0 heterocycles. The molecule has 2 heteroatoms. The highest BCUT2D eigenvalue weighted by atomic mass is 16.3. The van der Waals surface area contributed by atoms with Crippen LogP contribution in [0.4, 0.5) is 0 Å². The maximum Gasteiger partial charge on any atom is 0.0571 e. The summed E-state index contributed by atoms with van der Waals surface area (Å²) in [5.41, 5.74) is 1.09. The standard InChI is InChI=1S/C14H22O2/c15-6-5-13-8-14(13)4-3-10-11(14)7-9(13)1-2-12(10)16/h9-12,15-16H,1-8H2/t9-,10+,11+,12+,13-,14?/m0/s1. The van der Waals surface area contributed by atoms with Crippen molar-refractivity contribution in [2.75, 3.05) is 6.61 Å². The summed E-state index contributed by atoms with van der Waals surface area (Å²) in [4.78, 5) is 0. The molecular weight excluding hydrogens is 200 g/mol. The van der Waals surface area contributed by atoms with E-state index < -0.39 is 0 Å². The minimum Gasteiger partial charge on any atom is -0.396 e. The van der Waals surface area contributed by atoms with Gasteiger partial charge in [-0.25, -0.2) is 0 Å². The molecule has 1 spiro atoms. The molecule has 4 fully saturated rings. The molecule has 4 saturated carbocycles. The molecule has 0 amide bonds. The first-order chi connectivity index (χ1) is 7.73. The van der Waals surface area contributed by atoms with Gasteiger partial charge in [0.2, 0.25) is 0 Å². The minimum absolute atomic E-state index is 0.0119. The van der Waals surface area contributed by atoms with E-state index in [2.05, 4.69) is 0 Å². The highest BCUT2D eigenvalue weighted by molar-refractivity contribution is 5.28. The van der Waals surface area contributed by atoms with Crippen LogP contribution >= 0.6 is 0 Å². The van der Waals surface area contributed by atoms with Gasteiger partial charge in [0.1, 0.15) is 0 Å². The molecule has 90 valence electrons. The molecule has 1 unspecified atom stereocenters. The first-order valence-electron chi connectivity index (χ1n) is 7.02. The zero-order valence-corrected chi connectivity index (χ0v) is 9.86. The second-order valence-corrected chi connectivity index (χ2v) is 6.85. The first kappa shape index (κ1) is 9.90. The zero-order chi connectivity index (χ0) is 11.0. The third kappa shape index (κ3) is 0.862. The zero-order valence-electron chi connectivity index (χ0n) is 9.86. The number of rotatable bonds is 2. The van der Waals surface area contributed by atoms with Crippen LogP contribution in [0.2, 0.25) is 0 Å². The molecule has 4 rings (SSSR count). The van der Waals surface area contributed by atoms with Crippen LogP contribution in [0.15, 0.2) is 0 Å². The predicted molar refractivity (Wildman–Crippen MR) is 60.7 cm³/mol. The molecule has 0 radical (unpaired) electrons. The fourth-order valence-electron chi connectivity index (χ4n) is 6.24. The normalized spacial score (nSPS) is 61.9. The van der Waals surface area contributed by atoms with E-state index in [0.717, 1.165) is 24.7 Å². The Balaban J connectivity index is 1.74. The largest absolute Gasteiger partial charge is 0.396 e. The second-order valence-electron chi connectivity index (χ2n) is 6.85. The molecule has 4 aliphatic carbocycles. The molecule has 2 nitrogen and oxygen atoms in total. The molecule has 6 atom stereocenters. The van der Waals surface area contributed by atoms with E-state index in [4.69, 9.17) is 0 Å². The van der Waals surface area contributed by atoms with E-state index in [1.54, 1.807) is 0 Å². The van der Waals surface area contributed by atoms with Crippen LogP contribution in [0.25, 0.3) is 0 Å². The molecule has 0 aromatic carbocycles. The number of aliphatic hydroxyl groups is 2. The van der Waals surface area contributed by atoms with E-state index in [1.807, 2.05) is 0 Å². The Morgan fingerprint density at radius 1 is 1.19 bits per heavy atom. The van der Waals surface area contributed by atoms with Crippen molar-refractivity contribution in [3.63, 3.8) is 0 Å². The van der Waals surface area contributed by atoms with Crippen molar-refractivity contribution >= 4 is 0 Å². The number of fused-ring (bicyclic) bond motifs is 2. The minimum atomic E-state index is -0.0119. The molecule has 0 aromatic rings. The Hall–Kier alpha value is -0.0800. The summed E-state index contributed by atoms with van der Waals surface area (Å²) in [6.07, 6.45) is 8.60. The lowest BCUT2D eigenvalue weighted by Crippen LogP contribution is -2.26. The summed E-state index contributed by atoms with van der Waals surface area (Å²) in [5.74, 6) is 2.24. The summed E-state index contributed by atoms with van der Waals surface area (Å²) < 4.78 is 0. The number of aliphatic hydroxyl groups excluding tert-OH is 2. The second kappa shape index (κ2) is 2.84. The van der Waals surface area contributed by atoms with Crippen molar-refractivity contribution in [3.8, 4) is 0 Å². The lowest BCUT2D eigenvalue weighted by atomic mass is 9.80.